The third-order valence-electron chi connectivity index (χ3n) is 3.14. The van der Waals surface area contributed by atoms with Gasteiger partial charge in [-0.3, -0.25) is 5.84 Å². The van der Waals surface area contributed by atoms with E-state index in [9.17, 15) is 0 Å². The van der Waals surface area contributed by atoms with Crippen molar-refractivity contribution in [2.45, 2.75) is 6.04 Å². The van der Waals surface area contributed by atoms with E-state index in [1.54, 1.807) is 18.5 Å². The summed E-state index contributed by atoms with van der Waals surface area (Å²) in [5, 5.41) is 2.33. The lowest BCUT2D eigenvalue weighted by Crippen LogP contribution is -2.30. The lowest BCUT2D eigenvalue weighted by molar-refractivity contribution is 0.605. The third kappa shape index (κ3) is 2.19. The highest BCUT2D eigenvalue weighted by molar-refractivity contribution is 5.86. The SMILES string of the molecule is NNC(c1ncccn1)c1cccc2ccccc12. The van der Waals surface area contributed by atoms with E-state index in [1.165, 1.54) is 5.39 Å². The number of hydrogen-bond donors (Lipinski definition) is 2. The first-order valence-electron chi connectivity index (χ1n) is 6.11. The number of nitrogens with one attached hydrogen (secondary N) is 1. The maximum absolute atomic E-state index is 5.70. The van der Waals surface area contributed by atoms with Crippen molar-refractivity contribution in [3.05, 3.63) is 72.3 Å². The molecule has 3 aromatic rings. The van der Waals surface area contributed by atoms with Crippen molar-refractivity contribution in [1.82, 2.24) is 15.4 Å². The van der Waals surface area contributed by atoms with E-state index in [-0.39, 0.29) is 6.04 Å². The molecule has 0 saturated heterocycles. The molecule has 4 heteroatoms. The first-order valence-corrected chi connectivity index (χ1v) is 6.11. The minimum absolute atomic E-state index is 0.215. The van der Waals surface area contributed by atoms with Crippen LogP contribution in [0.1, 0.15) is 17.4 Å². The molecule has 0 saturated carbocycles. The molecule has 1 unspecified atom stereocenters. The van der Waals surface area contributed by atoms with Gasteiger partial charge in [-0.2, -0.15) is 0 Å². The molecule has 0 bridgehead atoms. The van der Waals surface area contributed by atoms with Gasteiger partial charge in [0.25, 0.3) is 0 Å². The molecule has 94 valence electrons. The molecule has 3 rings (SSSR count). The van der Waals surface area contributed by atoms with Gasteiger partial charge in [-0.1, -0.05) is 42.5 Å². The van der Waals surface area contributed by atoms with Crippen molar-refractivity contribution in [2.24, 2.45) is 5.84 Å². The highest BCUT2D eigenvalue weighted by Gasteiger charge is 2.16. The van der Waals surface area contributed by atoms with Crippen molar-refractivity contribution >= 4 is 10.8 Å². The zero-order chi connectivity index (χ0) is 13.1. The van der Waals surface area contributed by atoms with Gasteiger partial charge in [-0.05, 0) is 22.4 Å². The molecule has 1 heterocycles. The van der Waals surface area contributed by atoms with Crippen LogP contribution in [0.3, 0.4) is 0 Å². The van der Waals surface area contributed by atoms with Gasteiger partial charge in [0.05, 0.1) is 0 Å². The molecule has 1 aromatic heterocycles. The Bertz CT molecular complexity index is 677. The Morgan fingerprint density at radius 1 is 0.895 bits per heavy atom. The lowest BCUT2D eigenvalue weighted by Gasteiger charge is -2.16. The van der Waals surface area contributed by atoms with Gasteiger partial charge in [0.1, 0.15) is 6.04 Å². The van der Waals surface area contributed by atoms with Crippen molar-refractivity contribution < 1.29 is 0 Å². The Morgan fingerprint density at radius 2 is 1.63 bits per heavy atom. The first-order chi connectivity index (χ1) is 9.40. The third-order valence-corrected chi connectivity index (χ3v) is 3.14. The van der Waals surface area contributed by atoms with E-state index in [4.69, 9.17) is 5.84 Å². The maximum atomic E-state index is 5.70. The van der Waals surface area contributed by atoms with Gasteiger partial charge in [-0.25, -0.2) is 15.4 Å². The zero-order valence-electron chi connectivity index (χ0n) is 10.3. The Balaban J connectivity index is 2.17. The molecule has 0 radical (unpaired) electrons. The van der Waals surface area contributed by atoms with E-state index in [1.807, 2.05) is 24.3 Å². The number of nitrogens with two attached hydrogens (primary N) is 1. The summed E-state index contributed by atoms with van der Waals surface area (Å²) >= 11 is 0. The summed E-state index contributed by atoms with van der Waals surface area (Å²) in [5.74, 6) is 6.37. The summed E-state index contributed by atoms with van der Waals surface area (Å²) in [4.78, 5) is 8.56. The maximum Gasteiger partial charge on any atom is 0.150 e. The van der Waals surface area contributed by atoms with Crippen LogP contribution in [0.4, 0.5) is 0 Å². The number of hydrogen-bond acceptors (Lipinski definition) is 4. The molecular formula is C15H14N4. The van der Waals surface area contributed by atoms with Crippen LogP contribution >= 0.6 is 0 Å². The first kappa shape index (κ1) is 11.8. The fourth-order valence-corrected chi connectivity index (χ4v) is 2.27. The molecule has 0 aliphatic carbocycles. The molecule has 0 aliphatic rings. The Morgan fingerprint density at radius 3 is 2.42 bits per heavy atom. The summed E-state index contributed by atoms with van der Waals surface area (Å²) in [6, 6.07) is 15.9. The second kappa shape index (κ2) is 5.14. The number of fused-ring (bicyclic) bond motifs is 1. The van der Waals surface area contributed by atoms with Gasteiger partial charge in [0.2, 0.25) is 0 Å². The molecule has 4 nitrogen and oxygen atoms in total. The van der Waals surface area contributed by atoms with E-state index >= 15 is 0 Å². The van der Waals surface area contributed by atoms with E-state index < -0.39 is 0 Å². The van der Waals surface area contributed by atoms with Crippen LogP contribution < -0.4 is 11.3 Å². The molecule has 0 spiro atoms. The van der Waals surface area contributed by atoms with E-state index in [0.717, 1.165) is 10.9 Å². The number of hydrazine groups is 1. The highest BCUT2D eigenvalue weighted by atomic mass is 15.2. The van der Waals surface area contributed by atoms with Crippen molar-refractivity contribution in [3.8, 4) is 0 Å². The molecule has 0 aliphatic heterocycles. The summed E-state index contributed by atoms with van der Waals surface area (Å²) in [7, 11) is 0. The molecule has 1 atom stereocenters. The molecule has 0 amide bonds. The van der Waals surface area contributed by atoms with Crippen LogP contribution in [-0.2, 0) is 0 Å². The summed E-state index contributed by atoms with van der Waals surface area (Å²) in [6.45, 7) is 0. The topological polar surface area (TPSA) is 63.8 Å². The van der Waals surface area contributed by atoms with E-state index in [0.29, 0.717) is 5.82 Å². The van der Waals surface area contributed by atoms with Crippen LogP contribution in [0.25, 0.3) is 10.8 Å². The molecule has 2 aromatic carbocycles. The fraction of sp³-hybridized carbons (Fsp3) is 0.0667. The highest BCUT2D eigenvalue weighted by Crippen LogP contribution is 2.26. The van der Waals surface area contributed by atoms with Crippen LogP contribution in [0.5, 0.6) is 0 Å². The van der Waals surface area contributed by atoms with Crippen LogP contribution in [0, 0.1) is 0 Å². The molecule has 19 heavy (non-hydrogen) atoms. The second-order valence-electron chi connectivity index (χ2n) is 4.28. The Labute approximate surface area is 111 Å². The normalized spacial score (nSPS) is 12.5. The van der Waals surface area contributed by atoms with Gasteiger partial charge in [0.15, 0.2) is 5.82 Å². The number of aromatic nitrogens is 2. The largest absolute Gasteiger partial charge is 0.270 e. The number of rotatable bonds is 3. The predicted octanol–water partition coefficient (Wildman–Crippen LogP) is 2.18. The van der Waals surface area contributed by atoms with Gasteiger partial charge < -0.3 is 0 Å². The Kier molecular flexibility index (Phi) is 3.18. The lowest BCUT2D eigenvalue weighted by atomic mass is 9.98. The van der Waals surface area contributed by atoms with Gasteiger partial charge in [0, 0.05) is 12.4 Å². The minimum atomic E-state index is -0.215. The van der Waals surface area contributed by atoms with Crippen molar-refractivity contribution in [1.29, 1.82) is 0 Å². The molecule has 0 fully saturated rings. The quantitative estimate of drug-likeness (QED) is 0.552. The van der Waals surface area contributed by atoms with Crippen molar-refractivity contribution in [3.63, 3.8) is 0 Å². The monoisotopic (exact) mass is 250 g/mol. The number of benzene rings is 2. The van der Waals surface area contributed by atoms with E-state index in [2.05, 4.69) is 33.6 Å². The van der Waals surface area contributed by atoms with Crippen molar-refractivity contribution in [2.75, 3.05) is 0 Å². The smallest absolute Gasteiger partial charge is 0.150 e. The average Bonchev–Trinajstić information content (AvgIpc) is 2.49. The fourth-order valence-electron chi connectivity index (χ4n) is 2.27. The summed E-state index contributed by atoms with van der Waals surface area (Å²) < 4.78 is 0. The molecule has 3 N–H and O–H groups in total. The van der Waals surface area contributed by atoms with Crippen LogP contribution in [-0.4, -0.2) is 9.97 Å². The Hall–Kier alpha value is -2.30. The number of nitrogens with zero attached hydrogens (tertiary/aromatic N) is 2. The van der Waals surface area contributed by atoms with Crippen LogP contribution in [0.15, 0.2) is 60.9 Å². The minimum Gasteiger partial charge on any atom is -0.270 e. The van der Waals surface area contributed by atoms with Crippen LogP contribution in [0.2, 0.25) is 0 Å². The van der Waals surface area contributed by atoms with Gasteiger partial charge >= 0.3 is 0 Å². The standard InChI is InChI=1S/C15H14N4/c16-19-14(15-17-9-4-10-18-15)13-8-3-6-11-5-1-2-7-12(11)13/h1-10,14,19H,16H2. The van der Waals surface area contributed by atoms with Gasteiger partial charge in [-0.15, -0.1) is 0 Å². The average molecular weight is 250 g/mol. The zero-order valence-corrected chi connectivity index (χ0v) is 10.3. The summed E-state index contributed by atoms with van der Waals surface area (Å²) in [5.41, 5.74) is 3.88. The molecular weight excluding hydrogens is 236 g/mol. The second-order valence-corrected chi connectivity index (χ2v) is 4.28. The summed E-state index contributed by atoms with van der Waals surface area (Å²) in [6.07, 6.45) is 3.44. The predicted molar refractivity (Wildman–Crippen MR) is 75.1 cm³/mol.